The number of nitro groups is 1. The van der Waals surface area contributed by atoms with Crippen molar-refractivity contribution >= 4 is 13.3 Å². The van der Waals surface area contributed by atoms with Crippen LogP contribution in [0, 0.1) is 10.1 Å². The molecular weight excluding hydrogens is 283 g/mol. The summed E-state index contributed by atoms with van der Waals surface area (Å²) in [7, 11) is -3.51. The molecule has 7 nitrogen and oxygen atoms in total. The van der Waals surface area contributed by atoms with Gasteiger partial charge < -0.3 is 15.2 Å². The van der Waals surface area contributed by atoms with Gasteiger partial charge in [0.1, 0.15) is 0 Å². The highest BCUT2D eigenvalue weighted by Crippen LogP contribution is 2.42. The van der Waals surface area contributed by atoms with E-state index < -0.39 is 12.5 Å². The van der Waals surface area contributed by atoms with Gasteiger partial charge in [0.25, 0.3) is 5.69 Å². The molecule has 0 bridgehead atoms. The van der Waals surface area contributed by atoms with E-state index in [0.717, 1.165) is 5.56 Å². The van der Waals surface area contributed by atoms with Crippen molar-refractivity contribution in [1.29, 1.82) is 0 Å². The van der Waals surface area contributed by atoms with Crippen LogP contribution in [0.15, 0.2) is 24.3 Å². The van der Waals surface area contributed by atoms with Crippen LogP contribution in [0.1, 0.15) is 31.4 Å². The van der Waals surface area contributed by atoms with E-state index in [0.29, 0.717) is 12.8 Å². The zero-order chi connectivity index (χ0) is 15.2. The first-order chi connectivity index (χ1) is 9.35. The Morgan fingerprint density at radius 1 is 1.45 bits per heavy atom. The Hall–Kier alpha value is -1.27. The Labute approximate surface area is 117 Å². The van der Waals surface area contributed by atoms with E-state index >= 15 is 0 Å². The van der Waals surface area contributed by atoms with Crippen molar-refractivity contribution in [3.8, 4) is 0 Å². The first-order valence-electron chi connectivity index (χ1n) is 6.32. The first-order valence-corrected chi connectivity index (χ1v) is 8.08. The smallest absolute Gasteiger partial charge is 0.324 e. The molecule has 112 valence electrons. The van der Waals surface area contributed by atoms with Gasteiger partial charge in [0.2, 0.25) is 0 Å². The highest BCUT2D eigenvalue weighted by molar-refractivity contribution is 7.52. The van der Waals surface area contributed by atoms with Crippen molar-refractivity contribution in [2.45, 2.75) is 25.8 Å². The predicted molar refractivity (Wildman–Crippen MR) is 75.6 cm³/mol. The molecule has 0 aliphatic rings. The van der Waals surface area contributed by atoms with Gasteiger partial charge in [-0.1, -0.05) is 12.1 Å². The van der Waals surface area contributed by atoms with Gasteiger partial charge in [-0.25, -0.2) is 0 Å². The van der Waals surface area contributed by atoms with E-state index in [1.165, 1.54) is 12.1 Å². The topological polar surface area (TPSA) is 116 Å². The number of non-ortho nitro benzene ring substituents is 1. The second-order valence-corrected chi connectivity index (χ2v) is 6.36. The number of hydrogen-bond donors (Lipinski definition) is 2. The van der Waals surface area contributed by atoms with Crippen molar-refractivity contribution in [3.05, 3.63) is 39.9 Å². The summed E-state index contributed by atoms with van der Waals surface area (Å²) in [4.78, 5) is 19.5. The van der Waals surface area contributed by atoms with Crippen molar-refractivity contribution in [2.24, 2.45) is 5.73 Å². The molecule has 0 aliphatic carbocycles. The lowest BCUT2D eigenvalue weighted by Crippen LogP contribution is -2.11. The van der Waals surface area contributed by atoms with Gasteiger partial charge in [0.15, 0.2) is 0 Å². The van der Waals surface area contributed by atoms with Gasteiger partial charge in [-0.3, -0.25) is 14.7 Å². The van der Waals surface area contributed by atoms with E-state index in [9.17, 15) is 19.6 Å². The van der Waals surface area contributed by atoms with Crippen molar-refractivity contribution < 1.29 is 18.9 Å². The zero-order valence-corrected chi connectivity index (χ0v) is 12.2. The van der Waals surface area contributed by atoms with Crippen LogP contribution >= 0.6 is 7.60 Å². The highest BCUT2D eigenvalue weighted by atomic mass is 31.2. The van der Waals surface area contributed by atoms with Gasteiger partial charge in [0, 0.05) is 18.2 Å². The Morgan fingerprint density at radius 2 is 2.05 bits per heavy atom. The van der Waals surface area contributed by atoms with Gasteiger partial charge in [-0.05, 0) is 25.3 Å². The second kappa shape index (κ2) is 7.50. The molecule has 1 aromatic carbocycles. The minimum Gasteiger partial charge on any atom is -0.324 e. The molecule has 0 amide bonds. The maximum Gasteiger partial charge on any atom is 0.328 e. The largest absolute Gasteiger partial charge is 0.328 e. The maximum absolute atomic E-state index is 11.5. The molecule has 0 aliphatic heterocycles. The average Bonchev–Trinajstić information content (AvgIpc) is 2.38. The van der Waals surface area contributed by atoms with Crippen LogP contribution in [0.5, 0.6) is 0 Å². The molecule has 20 heavy (non-hydrogen) atoms. The Kier molecular flexibility index (Phi) is 6.29. The molecule has 0 radical (unpaired) electrons. The molecule has 1 rings (SSSR count). The van der Waals surface area contributed by atoms with Gasteiger partial charge in [-0.15, -0.1) is 0 Å². The molecule has 2 atom stereocenters. The van der Waals surface area contributed by atoms with Gasteiger partial charge in [-0.2, -0.15) is 0 Å². The van der Waals surface area contributed by atoms with Crippen LogP contribution < -0.4 is 5.73 Å². The zero-order valence-electron chi connectivity index (χ0n) is 11.3. The quantitative estimate of drug-likeness (QED) is 0.433. The molecular formula is C12H19N2O5P. The lowest BCUT2D eigenvalue weighted by molar-refractivity contribution is -0.384. The van der Waals surface area contributed by atoms with E-state index in [4.69, 9.17) is 10.3 Å². The molecule has 3 N–H and O–H groups in total. The third-order valence-electron chi connectivity index (χ3n) is 2.82. The minimum absolute atomic E-state index is 0.0113. The predicted octanol–water partition coefficient (Wildman–Crippen LogP) is 2.60. The van der Waals surface area contributed by atoms with Gasteiger partial charge >= 0.3 is 7.60 Å². The number of nitrogens with two attached hydrogens (primary N) is 1. The highest BCUT2D eigenvalue weighted by Gasteiger charge is 2.18. The average molecular weight is 302 g/mol. The van der Waals surface area contributed by atoms with E-state index in [2.05, 4.69) is 0 Å². The molecule has 0 fully saturated rings. The Balaban J connectivity index is 2.48. The van der Waals surface area contributed by atoms with Crippen LogP contribution in [-0.2, 0) is 9.09 Å². The number of hydrogen-bond acceptors (Lipinski definition) is 5. The molecule has 1 aromatic rings. The molecule has 8 heteroatoms. The van der Waals surface area contributed by atoms with E-state index in [-0.39, 0.29) is 24.5 Å². The fourth-order valence-electron chi connectivity index (χ4n) is 1.79. The molecule has 2 unspecified atom stereocenters. The molecule has 0 heterocycles. The first kappa shape index (κ1) is 16.8. The van der Waals surface area contributed by atoms with E-state index in [1.54, 1.807) is 19.1 Å². The lowest BCUT2D eigenvalue weighted by Gasteiger charge is -2.14. The Bertz CT molecular complexity index is 491. The van der Waals surface area contributed by atoms with Crippen molar-refractivity contribution in [3.63, 3.8) is 0 Å². The summed E-state index contributed by atoms with van der Waals surface area (Å²) >= 11 is 0. The monoisotopic (exact) mass is 302 g/mol. The Morgan fingerprint density at radius 3 is 2.55 bits per heavy atom. The summed E-state index contributed by atoms with van der Waals surface area (Å²) in [6, 6.07) is 5.67. The maximum atomic E-state index is 11.5. The molecule has 0 saturated heterocycles. The normalized spacial score (nSPS) is 15.6. The fourth-order valence-corrected chi connectivity index (χ4v) is 2.90. The van der Waals surface area contributed by atoms with Crippen LogP contribution in [0.2, 0.25) is 0 Å². The van der Waals surface area contributed by atoms with E-state index in [1.807, 2.05) is 0 Å². The number of benzene rings is 1. The number of rotatable bonds is 8. The standard InChI is InChI=1S/C12H19N2O5P/c1-2-19-20(17,18)9-3-4-12(13)10-5-7-11(8-6-10)14(15)16/h5-8,12H,2-4,9,13H2,1H3,(H,17,18). The summed E-state index contributed by atoms with van der Waals surface area (Å²) in [5, 5.41) is 10.5. The van der Waals surface area contributed by atoms with Crippen LogP contribution in [0.3, 0.4) is 0 Å². The summed E-state index contributed by atoms with van der Waals surface area (Å²) in [5.74, 6) is 0. The SMILES string of the molecule is CCOP(=O)(O)CCCC(N)c1ccc([N+](=O)[O-])cc1. The van der Waals surface area contributed by atoms with Gasteiger partial charge in [0.05, 0.1) is 17.7 Å². The van der Waals surface area contributed by atoms with Crippen LogP contribution in [0.4, 0.5) is 5.69 Å². The summed E-state index contributed by atoms with van der Waals surface area (Å²) in [6.07, 6.45) is 1.02. The number of nitrogens with zero attached hydrogens (tertiary/aromatic N) is 1. The van der Waals surface area contributed by atoms with Crippen molar-refractivity contribution in [1.82, 2.24) is 0 Å². The second-order valence-electron chi connectivity index (χ2n) is 4.38. The molecule has 0 spiro atoms. The minimum atomic E-state index is -3.51. The van der Waals surface area contributed by atoms with Crippen LogP contribution in [-0.4, -0.2) is 22.6 Å². The third kappa shape index (κ3) is 5.38. The van der Waals surface area contributed by atoms with Crippen molar-refractivity contribution in [2.75, 3.05) is 12.8 Å². The summed E-state index contributed by atoms with van der Waals surface area (Å²) < 4.78 is 16.2. The third-order valence-corrected chi connectivity index (χ3v) is 4.36. The fraction of sp³-hybridized carbons (Fsp3) is 0.500. The molecule has 0 saturated carbocycles. The summed E-state index contributed by atoms with van der Waals surface area (Å²) in [5.41, 5.74) is 6.72. The number of nitro benzene ring substituents is 1. The lowest BCUT2D eigenvalue weighted by atomic mass is 10.0. The summed E-state index contributed by atoms with van der Waals surface area (Å²) in [6.45, 7) is 1.85. The molecule has 0 aromatic heterocycles. The van der Waals surface area contributed by atoms with Crippen LogP contribution in [0.25, 0.3) is 0 Å².